The maximum atomic E-state index is 11.2. The van der Waals surface area contributed by atoms with Crippen LogP contribution in [0, 0.1) is 0 Å². The fourth-order valence-electron chi connectivity index (χ4n) is 1.41. The Labute approximate surface area is 102 Å². The zero-order valence-electron chi connectivity index (χ0n) is 10.3. The number of ether oxygens (including phenoxy) is 1. The van der Waals surface area contributed by atoms with Gasteiger partial charge in [-0.15, -0.1) is 0 Å². The number of benzene rings is 1. The zero-order valence-corrected chi connectivity index (χ0v) is 10.3. The summed E-state index contributed by atoms with van der Waals surface area (Å²) in [5, 5.41) is 10.2. The van der Waals surface area contributed by atoms with Gasteiger partial charge in [-0.05, 0) is 19.4 Å². The van der Waals surface area contributed by atoms with Crippen LogP contribution in [0.25, 0.3) is 0 Å². The van der Waals surface area contributed by atoms with Crippen molar-refractivity contribution in [3.63, 3.8) is 0 Å². The monoisotopic (exact) mass is 234 g/mol. The summed E-state index contributed by atoms with van der Waals surface area (Å²) in [6.45, 7) is 6.97. The van der Waals surface area contributed by atoms with E-state index in [1.807, 2.05) is 30.3 Å². The molecule has 1 aromatic rings. The lowest BCUT2D eigenvalue weighted by Crippen LogP contribution is -2.24. The molecule has 0 aliphatic heterocycles. The first kappa shape index (κ1) is 13.5. The van der Waals surface area contributed by atoms with Crippen molar-refractivity contribution in [2.75, 3.05) is 6.61 Å². The standard InChI is InChI=1S/C14H18O3/c1-11(2)13(15)17-10-9-14(3,16)12-7-5-4-6-8-12/h4-8,16H,1,9-10H2,2-3H3. The lowest BCUT2D eigenvalue weighted by molar-refractivity contribution is -0.140. The Bertz CT molecular complexity index is 393. The molecule has 0 amide bonds. The van der Waals surface area contributed by atoms with E-state index in [0.717, 1.165) is 5.56 Å². The molecule has 0 aromatic heterocycles. The molecule has 0 spiro atoms. The molecule has 1 aromatic carbocycles. The normalized spacial score (nSPS) is 13.8. The van der Waals surface area contributed by atoms with Gasteiger partial charge >= 0.3 is 5.97 Å². The molecule has 0 saturated heterocycles. The van der Waals surface area contributed by atoms with Gasteiger partial charge in [0.25, 0.3) is 0 Å². The molecule has 92 valence electrons. The van der Waals surface area contributed by atoms with Crippen LogP contribution >= 0.6 is 0 Å². The lowest BCUT2D eigenvalue weighted by atomic mass is 9.93. The van der Waals surface area contributed by atoms with Gasteiger partial charge in [-0.2, -0.15) is 0 Å². The van der Waals surface area contributed by atoms with E-state index in [1.54, 1.807) is 13.8 Å². The highest BCUT2D eigenvalue weighted by molar-refractivity contribution is 5.86. The number of carbonyl (C=O) groups is 1. The number of aliphatic hydroxyl groups is 1. The lowest BCUT2D eigenvalue weighted by Gasteiger charge is -2.23. The molecule has 0 heterocycles. The summed E-state index contributed by atoms with van der Waals surface area (Å²) in [6.07, 6.45) is 0.357. The van der Waals surface area contributed by atoms with E-state index in [4.69, 9.17) is 4.74 Å². The highest BCUT2D eigenvalue weighted by atomic mass is 16.5. The molecule has 1 rings (SSSR count). The number of rotatable bonds is 5. The number of hydrogen-bond acceptors (Lipinski definition) is 3. The summed E-state index contributed by atoms with van der Waals surface area (Å²) in [5.74, 6) is -0.422. The van der Waals surface area contributed by atoms with Gasteiger partial charge in [0.1, 0.15) is 0 Å². The van der Waals surface area contributed by atoms with E-state index in [2.05, 4.69) is 6.58 Å². The number of hydrogen-bond donors (Lipinski definition) is 1. The van der Waals surface area contributed by atoms with Crippen LogP contribution in [0.4, 0.5) is 0 Å². The van der Waals surface area contributed by atoms with E-state index in [0.29, 0.717) is 12.0 Å². The summed E-state index contributed by atoms with van der Waals surface area (Å²) in [7, 11) is 0. The summed E-state index contributed by atoms with van der Waals surface area (Å²) < 4.78 is 4.96. The van der Waals surface area contributed by atoms with Gasteiger partial charge in [0.2, 0.25) is 0 Å². The summed E-state index contributed by atoms with van der Waals surface area (Å²) in [5.41, 5.74) is 0.187. The van der Waals surface area contributed by atoms with Crippen LogP contribution < -0.4 is 0 Å². The quantitative estimate of drug-likeness (QED) is 0.628. The Morgan fingerprint density at radius 1 is 1.41 bits per heavy atom. The van der Waals surface area contributed by atoms with Gasteiger partial charge in [-0.1, -0.05) is 36.9 Å². The molecule has 0 saturated carbocycles. The van der Waals surface area contributed by atoms with Gasteiger partial charge in [-0.25, -0.2) is 4.79 Å². The largest absolute Gasteiger partial charge is 0.462 e. The second kappa shape index (κ2) is 5.64. The van der Waals surface area contributed by atoms with Gasteiger partial charge in [0, 0.05) is 12.0 Å². The molecule has 1 atom stereocenters. The van der Waals surface area contributed by atoms with Crippen molar-refractivity contribution in [2.24, 2.45) is 0 Å². The van der Waals surface area contributed by atoms with Crippen LogP contribution in [0.2, 0.25) is 0 Å². The van der Waals surface area contributed by atoms with Crippen LogP contribution in [-0.4, -0.2) is 17.7 Å². The van der Waals surface area contributed by atoms with Crippen LogP contribution in [0.5, 0.6) is 0 Å². The van der Waals surface area contributed by atoms with E-state index < -0.39 is 11.6 Å². The molecule has 3 heteroatoms. The molecular formula is C14H18O3. The third-order valence-corrected chi connectivity index (χ3v) is 2.57. The van der Waals surface area contributed by atoms with Crippen LogP contribution in [0.15, 0.2) is 42.5 Å². The topological polar surface area (TPSA) is 46.5 Å². The van der Waals surface area contributed by atoms with Crippen molar-refractivity contribution in [3.8, 4) is 0 Å². The summed E-state index contributed by atoms with van der Waals surface area (Å²) >= 11 is 0. The van der Waals surface area contributed by atoms with Gasteiger partial charge < -0.3 is 9.84 Å². The van der Waals surface area contributed by atoms with Crippen LogP contribution in [-0.2, 0) is 15.1 Å². The van der Waals surface area contributed by atoms with E-state index in [-0.39, 0.29) is 6.61 Å². The molecule has 0 aliphatic rings. The zero-order chi connectivity index (χ0) is 12.9. The highest BCUT2D eigenvalue weighted by Crippen LogP contribution is 2.23. The second-order valence-corrected chi connectivity index (χ2v) is 4.31. The van der Waals surface area contributed by atoms with Gasteiger partial charge in [0.05, 0.1) is 12.2 Å². The molecule has 0 fully saturated rings. The molecule has 0 radical (unpaired) electrons. The van der Waals surface area contributed by atoms with Crippen molar-refractivity contribution in [3.05, 3.63) is 48.0 Å². The molecule has 3 nitrogen and oxygen atoms in total. The Morgan fingerprint density at radius 2 is 2.00 bits per heavy atom. The van der Waals surface area contributed by atoms with Crippen LogP contribution in [0.1, 0.15) is 25.8 Å². The fraction of sp³-hybridized carbons (Fsp3) is 0.357. The minimum absolute atomic E-state index is 0.174. The van der Waals surface area contributed by atoms with Crippen LogP contribution in [0.3, 0.4) is 0 Å². The first-order chi connectivity index (χ1) is 7.93. The van der Waals surface area contributed by atoms with Crippen molar-refractivity contribution in [1.29, 1.82) is 0 Å². The van der Waals surface area contributed by atoms with Gasteiger partial charge in [0.15, 0.2) is 0 Å². The molecular weight excluding hydrogens is 216 g/mol. The molecule has 0 bridgehead atoms. The van der Waals surface area contributed by atoms with E-state index in [1.165, 1.54) is 0 Å². The molecule has 0 aliphatic carbocycles. The second-order valence-electron chi connectivity index (χ2n) is 4.31. The van der Waals surface area contributed by atoms with Gasteiger partial charge in [-0.3, -0.25) is 0 Å². The predicted octanol–water partition coefficient (Wildman–Crippen LogP) is 2.40. The molecule has 1 unspecified atom stereocenters. The summed E-state index contributed by atoms with van der Waals surface area (Å²) in [4.78, 5) is 11.2. The third-order valence-electron chi connectivity index (χ3n) is 2.57. The molecule has 1 N–H and O–H groups in total. The van der Waals surface area contributed by atoms with E-state index in [9.17, 15) is 9.90 Å². The maximum absolute atomic E-state index is 11.2. The van der Waals surface area contributed by atoms with Crippen molar-refractivity contribution >= 4 is 5.97 Å². The highest BCUT2D eigenvalue weighted by Gasteiger charge is 2.23. The Morgan fingerprint density at radius 3 is 2.53 bits per heavy atom. The van der Waals surface area contributed by atoms with E-state index >= 15 is 0 Å². The predicted molar refractivity (Wildman–Crippen MR) is 66.4 cm³/mol. The van der Waals surface area contributed by atoms with Crippen molar-refractivity contribution in [2.45, 2.75) is 25.9 Å². The Hall–Kier alpha value is -1.61. The number of esters is 1. The van der Waals surface area contributed by atoms with Crippen molar-refractivity contribution in [1.82, 2.24) is 0 Å². The average Bonchev–Trinajstić information content (AvgIpc) is 2.29. The maximum Gasteiger partial charge on any atom is 0.333 e. The Kier molecular flexibility index (Phi) is 4.46. The molecule has 17 heavy (non-hydrogen) atoms. The first-order valence-corrected chi connectivity index (χ1v) is 5.54. The smallest absolute Gasteiger partial charge is 0.333 e. The fourth-order valence-corrected chi connectivity index (χ4v) is 1.41. The first-order valence-electron chi connectivity index (χ1n) is 5.54. The van der Waals surface area contributed by atoms with Crippen molar-refractivity contribution < 1.29 is 14.6 Å². The third kappa shape index (κ3) is 4.04. The summed E-state index contributed by atoms with van der Waals surface area (Å²) in [6, 6.07) is 9.31. The average molecular weight is 234 g/mol. The Balaban J connectivity index is 2.51. The number of carbonyl (C=O) groups excluding carboxylic acids is 1. The minimum atomic E-state index is -0.989. The SMILES string of the molecule is C=C(C)C(=O)OCCC(C)(O)c1ccccc1. The minimum Gasteiger partial charge on any atom is -0.462 e.